The number of guanidine groups is 1. The third-order valence-corrected chi connectivity index (χ3v) is 5.15. The molecule has 0 amide bonds. The minimum atomic E-state index is -3.41. The Kier molecular flexibility index (Phi) is 4.82. The van der Waals surface area contributed by atoms with Gasteiger partial charge in [0.2, 0.25) is 10.0 Å². The Labute approximate surface area is 141 Å². The highest BCUT2D eigenvalue weighted by Gasteiger charge is 2.27. The van der Waals surface area contributed by atoms with Crippen LogP contribution in [-0.4, -0.2) is 20.4 Å². The Balaban J connectivity index is 1.60. The molecule has 0 heterocycles. The highest BCUT2D eigenvalue weighted by atomic mass is 32.2. The van der Waals surface area contributed by atoms with Crippen molar-refractivity contribution in [3.05, 3.63) is 60.2 Å². The number of benzene rings is 2. The molecule has 0 spiro atoms. The largest absolute Gasteiger partial charge is 0.370 e. The number of para-hydroxylation sites is 1. The van der Waals surface area contributed by atoms with Crippen molar-refractivity contribution in [2.75, 3.05) is 5.32 Å². The van der Waals surface area contributed by atoms with Crippen LogP contribution in [0.15, 0.2) is 64.5 Å². The molecule has 24 heavy (non-hydrogen) atoms. The molecule has 0 unspecified atom stereocenters. The SMILES string of the molecule is NC(=NCc1ccc(S(=O)(=O)NC2CC2)cc1)Nc1ccccc1. The molecule has 3 rings (SSSR count). The first-order valence-corrected chi connectivity index (χ1v) is 9.24. The number of nitrogens with one attached hydrogen (secondary N) is 2. The molecule has 0 saturated heterocycles. The van der Waals surface area contributed by atoms with Crippen molar-refractivity contribution in [2.24, 2.45) is 10.7 Å². The third-order valence-electron chi connectivity index (χ3n) is 3.61. The molecule has 0 atom stereocenters. The molecule has 0 bridgehead atoms. The van der Waals surface area contributed by atoms with Gasteiger partial charge < -0.3 is 11.1 Å². The van der Waals surface area contributed by atoms with E-state index in [1.54, 1.807) is 24.3 Å². The summed E-state index contributed by atoms with van der Waals surface area (Å²) in [7, 11) is -3.41. The van der Waals surface area contributed by atoms with Crippen LogP contribution < -0.4 is 15.8 Å². The molecule has 1 fully saturated rings. The summed E-state index contributed by atoms with van der Waals surface area (Å²) < 4.78 is 26.8. The predicted octanol–water partition coefficient (Wildman–Crippen LogP) is 2.05. The molecule has 2 aromatic carbocycles. The summed E-state index contributed by atoms with van der Waals surface area (Å²) in [6.07, 6.45) is 1.83. The highest BCUT2D eigenvalue weighted by Crippen LogP contribution is 2.22. The van der Waals surface area contributed by atoms with Crippen molar-refractivity contribution < 1.29 is 8.42 Å². The zero-order valence-corrected chi connectivity index (χ0v) is 14.0. The van der Waals surface area contributed by atoms with Crippen molar-refractivity contribution in [1.29, 1.82) is 0 Å². The predicted molar refractivity (Wildman–Crippen MR) is 95.2 cm³/mol. The standard InChI is InChI=1S/C17H20N4O2S/c18-17(20-14-4-2-1-3-5-14)19-12-13-6-10-16(11-7-13)24(22,23)21-15-8-9-15/h1-7,10-11,15,21H,8-9,12H2,(H3,18,19,20). The van der Waals surface area contributed by atoms with E-state index in [0.717, 1.165) is 24.1 Å². The van der Waals surface area contributed by atoms with Crippen molar-refractivity contribution in [1.82, 2.24) is 4.72 Å². The van der Waals surface area contributed by atoms with Crippen molar-refractivity contribution in [3.8, 4) is 0 Å². The molecular weight excluding hydrogens is 324 g/mol. The van der Waals surface area contributed by atoms with Crippen LogP contribution in [0.1, 0.15) is 18.4 Å². The quantitative estimate of drug-likeness (QED) is 0.552. The summed E-state index contributed by atoms with van der Waals surface area (Å²) in [6, 6.07) is 16.3. The van der Waals surface area contributed by atoms with E-state index < -0.39 is 10.0 Å². The summed E-state index contributed by atoms with van der Waals surface area (Å²) in [4.78, 5) is 4.53. The second kappa shape index (κ2) is 7.02. The number of nitrogens with zero attached hydrogens (tertiary/aromatic N) is 1. The van der Waals surface area contributed by atoms with E-state index in [9.17, 15) is 8.42 Å². The van der Waals surface area contributed by atoms with Gasteiger partial charge in [-0.15, -0.1) is 0 Å². The number of nitrogens with two attached hydrogens (primary N) is 1. The molecule has 4 N–H and O–H groups in total. The molecule has 0 aliphatic heterocycles. The van der Waals surface area contributed by atoms with E-state index in [4.69, 9.17) is 5.73 Å². The zero-order valence-electron chi connectivity index (χ0n) is 13.1. The fourth-order valence-corrected chi connectivity index (χ4v) is 3.45. The molecule has 2 aromatic rings. The van der Waals surface area contributed by atoms with E-state index >= 15 is 0 Å². The van der Waals surface area contributed by atoms with E-state index in [1.165, 1.54) is 0 Å². The van der Waals surface area contributed by atoms with E-state index in [-0.39, 0.29) is 10.9 Å². The molecule has 0 radical (unpaired) electrons. The fourth-order valence-electron chi connectivity index (χ4n) is 2.15. The van der Waals surface area contributed by atoms with E-state index in [2.05, 4.69) is 15.0 Å². The normalized spacial score (nSPS) is 15.2. The first-order valence-electron chi connectivity index (χ1n) is 7.76. The van der Waals surface area contributed by atoms with Gasteiger partial charge in [-0.1, -0.05) is 30.3 Å². The molecule has 0 aromatic heterocycles. The van der Waals surface area contributed by atoms with Crippen LogP contribution in [0.4, 0.5) is 5.69 Å². The second-order valence-electron chi connectivity index (χ2n) is 5.73. The van der Waals surface area contributed by atoms with Gasteiger partial charge in [-0.25, -0.2) is 18.1 Å². The Morgan fingerprint density at radius 1 is 1.08 bits per heavy atom. The molecule has 1 aliphatic carbocycles. The monoisotopic (exact) mass is 344 g/mol. The van der Waals surface area contributed by atoms with Gasteiger partial charge >= 0.3 is 0 Å². The minimum Gasteiger partial charge on any atom is -0.370 e. The molecule has 6 nitrogen and oxygen atoms in total. The van der Waals surface area contributed by atoms with Gasteiger partial charge in [0.05, 0.1) is 11.4 Å². The number of hydrogen-bond donors (Lipinski definition) is 3. The molecule has 7 heteroatoms. The van der Waals surface area contributed by atoms with Crippen LogP contribution in [0, 0.1) is 0 Å². The Morgan fingerprint density at radius 2 is 1.75 bits per heavy atom. The van der Waals surface area contributed by atoms with Gasteiger partial charge in [-0.2, -0.15) is 0 Å². The molecule has 1 saturated carbocycles. The smallest absolute Gasteiger partial charge is 0.240 e. The minimum absolute atomic E-state index is 0.100. The number of hydrogen-bond acceptors (Lipinski definition) is 3. The Bertz CT molecular complexity index is 813. The summed E-state index contributed by atoms with van der Waals surface area (Å²) in [6.45, 7) is 0.377. The zero-order chi connectivity index (χ0) is 17.0. The maximum absolute atomic E-state index is 12.1. The lowest BCUT2D eigenvalue weighted by atomic mass is 10.2. The topological polar surface area (TPSA) is 96.6 Å². The van der Waals surface area contributed by atoms with Gasteiger partial charge in [-0.3, -0.25) is 0 Å². The van der Waals surface area contributed by atoms with Crippen LogP contribution in [0.25, 0.3) is 0 Å². The van der Waals surface area contributed by atoms with Gasteiger partial charge in [0, 0.05) is 11.7 Å². The lowest BCUT2D eigenvalue weighted by Gasteiger charge is -2.07. The van der Waals surface area contributed by atoms with Crippen molar-refractivity contribution in [2.45, 2.75) is 30.3 Å². The van der Waals surface area contributed by atoms with Crippen LogP contribution >= 0.6 is 0 Å². The molecular formula is C17H20N4O2S. The van der Waals surface area contributed by atoms with Crippen LogP contribution in [-0.2, 0) is 16.6 Å². The van der Waals surface area contributed by atoms with Crippen LogP contribution in [0.2, 0.25) is 0 Å². The average Bonchev–Trinajstić information content (AvgIpc) is 3.37. The van der Waals surface area contributed by atoms with Crippen LogP contribution in [0.5, 0.6) is 0 Å². The van der Waals surface area contributed by atoms with Crippen LogP contribution in [0.3, 0.4) is 0 Å². The Morgan fingerprint density at radius 3 is 2.38 bits per heavy atom. The first-order chi connectivity index (χ1) is 11.5. The summed E-state index contributed by atoms with van der Waals surface area (Å²) in [5.74, 6) is 0.313. The lowest BCUT2D eigenvalue weighted by Crippen LogP contribution is -2.25. The fraction of sp³-hybridized carbons (Fsp3) is 0.235. The van der Waals surface area contributed by atoms with Crippen molar-refractivity contribution >= 4 is 21.7 Å². The maximum atomic E-state index is 12.1. The number of rotatable bonds is 6. The summed E-state index contributed by atoms with van der Waals surface area (Å²) >= 11 is 0. The Hall–Kier alpha value is -2.38. The van der Waals surface area contributed by atoms with Gasteiger partial charge in [0.25, 0.3) is 0 Å². The van der Waals surface area contributed by atoms with Gasteiger partial charge in [0.15, 0.2) is 5.96 Å². The maximum Gasteiger partial charge on any atom is 0.240 e. The number of anilines is 1. The van der Waals surface area contributed by atoms with Gasteiger partial charge in [-0.05, 0) is 42.7 Å². The third kappa shape index (κ3) is 4.56. The summed E-state index contributed by atoms with van der Waals surface area (Å²) in [5.41, 5.74) is 7.60. The number of aliphatic imine (C=N–C) groups is 1. The first kappa shape index (κ1) is 16.5. The second-order valence-corrected chi connectivity index (χ2v) is 7.45. The summed E-state index contributed by atoms with van der Waals surface area (Å²) in [5, 5.41) is 3.00. The number of sulfonamides is 1. The average molecular weight is 344 g/mol. The van der Waals surface area contributed by atoms with E-state index in [1.807, 2.05) is 30.3 Å². The van der Waals surface area contributed by atoms with Crippen molar-refractivity contribution in [3.63, 3.8) is 0 Å². The molecule has 1 aliphatic rings. The molecule has 126 valence electrons. The highest BCUT2D eigenvalue weighted by molar-refractivity contribution is 7.89. The van der Waals surface area contributed by atoms with E-state index in [0.29, 0.717) is 12.5 Å². The lowest BCUT2D eigenvalue weighted by molar-refractivity contribution is 0.581. The van der Waals surface area contributed by atoms with Gasteiger partial charge in [0.1, 0.15) is 0 Å².